The first-order valence-electron chi connectivity index (χ1n) is 9.44. The van der Waals surface area contributed by atoms with Crippen LogP contribution in [0.15, 0.2) is 36.4 Å². The van der Waals surface area contributed by atoms with E-state index in [1.165, 1.54) is 0 Å². The van der Waals surface area contributed by atoms with Crippen molar-refractivity contribution in [2.75, 3.05) is 6.61 Å². The first kappa shape index (κ1) is 23.7. The van der Waals surface area contributed by atoms with Crippen LogP contribution < -0.4 is 0 Å². The van der Waals surface area contributed by atoms with Gasteiger partial charge in [-0.25, -0.2) is 14.0 Å². The number of aryl methyl sites for hydroxylation is 4. The van der Waals surface area contributed by atoms with Crippen LogP contribution in [0.2, 0.25) is 0 Å². The van der Waals surface area contributed by atoms with Crippen molar-refractivity contribution in [1.29, 1.82) is 5.41 Å². The zero-order valence-electron chi connectivity index (χ0n) is 17.4. The van der Waals surface area contributed by atoms with Crippen LogP contribution in [0.1, 0.15) is 43.0 Å². The lowest BCUT2D eigenvalue weighted by Crippen LogP contribution is -2.39. The van der Waals surface area contributed by atoms with Crippen molar-refractivity contribution in [2.24, 2.45) is 0 Å². The molecule has 0 aliphatic rings. The number of hydrogen-bond acceptors (Lipinski definition) is 5. The summed E-state index contributed by atoms with van der Waals surface area (Å²) in [7, 11) is 0. The Kier molecular flexibility index (Phi) is 8.29. The van der Waals surface area contributed by atoms with E-state index < -0.39 is 29.0 Å². The van der Waals surface area contributed by atoms with Crippen LogP contribution >= 0.6 is 15.9 Å². The van der Waals surface area contributed by atoms with Gasteiger partial charge in [0.05, 0.1) is 16.0 Å². The molecular weight excluding hydrogens is 453 g/mol. The van der Waals surface area contributed by atoms with E-state index in [4.69, 9.17) is 14.9 Å². The van der Waals surface area contributed by atoms with E-state index in [9.17, 15) is 14.0 Å². The molecule has 0 saturated carbocycles. The minimum Gasteiger partial charge on any atom is -0.461 e. The Balaban J connectivity index is 2.09. The number of nitrogens with one attached hydrogen (secondary N) is 1. The minimum atomic E-state index is -1.86. The Labute approximate surface area is 184 Å². The van der Waals surface area contributed by atoms with Gasteiger partial charge in [0.1, 0.15) is 6.61 Å². The first-order valence-corrected chi connectivity index (χ1v) is 10.4. The maximum Gasteiger partial charge on any atom is 0.338 e. The fraction of sp³-hybridized carbons (Fsp3) is 0.348. The summed E-state index contributed by atoms with van der Waals surface area (Å²) in [5.41, 5.74) is 4.28. The molecular formula is C23H25BrFNO4. The standard InChI is InChI=1S/C23H25BrFNO4/c1-13-5-14(2)8-17(7-13)22(27)29-12-19(24)21(20(25)11-26)30-23(28)18-9-15(3)6-16(4)10-18/h5-11,19-21,26H,12H2,1-4H3/t19-,20+,21+/m0/s1. The second-order valence-electron chi connectivity index (χ2n) is 7.35. The molecule has 0 fully saturated rings. The summed E-state index contributed by atoms with van der Waals surface area (Å²) >= 11 is 3.25. The third kappa shape index (κ3) is 6.49. The van der Waals surface area contributed by atoms with E-state index in [1.807, 2.05) is 39.8 Å². The SMILES string of the molecule is Cc1cc(C)cc(C(=O)OC[C@H](Br)[C@@H](OC(=O)c2cc(C)cc(C)c2)[C@H](F)C=N)c1. The van der Waals surface area contributed by atoms with E-state index in [-0.39, 0.29) is 6.61 Å². The van der Waals surface area contributed by atoms with Crippen LogP contribution in [0.3, 0.4) is 0 Å². The topological polar surface area (TPSA) is 76.5 Å². The highest BCUT2D eigenvalue weighted by molar-refractivity contribution is 9.09. The second kappa shape index (κ2) is 10.5. The maximum atomic E-state index is 14.3. The molecule has 0 aliphatic heterocycles. The third-order valence-corrected chi connectivity index (χ3v) is 5.15. The molecule has 3 atom stereocenters. The Bertz CT molecular complexity index is 906. The number of halogens is 2. The molecule has 0 radical (unpaired) electrons. The summed E-state index contributed by atoms with van der Waals surface area (Å²) in [6, 6.07) is 10.5. The Morgan fingerprint density at radius 1 is 0.933 bits per heavy atom. The fourth-order valence-corrected chi connectivity index (χ4v) is 3.67. The van der Waals surface area contributed by atoms with Crippen molar-refractivity contribution in [3.63, 3.8) is 0 Å². The molecule has 0 spiro atoms. The largest absolute Gasteiger partial charge is 0.461 e. The van der Waals surface area contributed by atoms with Gasteiger partial charge in [0.2, 0.25) is 0 Å². The predicted molar refractivity (Wildman–Crippen MR) is 118 cm³/mol. The normalized spacial score (nSPS) is 13.8. The van der Waals surface area contributed by atoms with Gasteiger partial charge in [-0.15, -0.1) is 0 Å². The van der Waals surface area contributed by atoms with E-state index in [1.54, 1.807) is 24.3 Å². The highest BCUT2D eigenvalue weighted by Gasteiger charge is 2.32. The van der Waals surface area contributed by atoms with Crippen LogP contribution in [-0.4, -0.2) is 41.9 Å². The number of rotatable bonds is 8. The summed E-state index contributed by atoms with van der Waals surface area (Å²) < 4.78 is 25.0. The lowest BCUT2D eigenvalue weighted by atomic mass is 10.1. The van der Waals surface area contributed by atoms with E-state index >= 15 is 0 Å². The Morgan fingerprint density at radius 2 is 1.37 bits per heavy atom. The Hall–Kier alpha value is -2.54. The van der Waals surface area contributed by atoms with E-state index in [0.29, 0.717) is 17.3 Å². The van der Waals surface area contributed by atoms with Gasteiger partial charge in [-0.1, -0.05) is 50.3 Å². The molecule has 7 heteroatoms. The second-order valence-corrected chi connectivity index (χ2v) is 8.52. The molecule has 0 heterocycles. The van der Waals surface area contributed by atoms with Crippen LogP contribution in [0.25, 0.3) is 0 Å². The van der Waals surface area contributed by atoms with Crippen molar-refractivity contribution >= 4 is 34.1 Å². The molecule has 0 aliphatic carbocycles. The molecule has 1 N–H and O–H groups in total. The van der Waals surface area contributed by atoms with Gasteiger partial charge in [-0.3, -0.25) is 0 Å². The Morgan fingerprint density at radius 3 is 1.80 bits per heavy atom. The monoisotopic (exact) mass is 477 g/mol. The lowest BCUT2D eigenvalue weighted by molar-refractivity contribution is 0.00880. The van der Waals surface area contributed by atoms with Gasteiger partial charge >= 0.3 is 11.9 Å². The highest BCUT2D eigenvalue weighted by atomic mass is 79.9. The maximum absolute atomic E-state index is 14.3. The molecule has 2 rings (SSSR count). The zero-order chi connectivity index (χ0) is 22.4. The van der Waals surface area contributed by atoms with E-state index in [2.05, 4.69) is 15.9 Å². The average Bonchev–Trinajstić information content (AvgIpc) is 2.67. The lowest BCUT2D eigenvalue weighted by Gasteiger charge is -2.24. The highest BCUT2D eigenvalue weighted by Crippen LogP contribution is 2.20. The van der Waals surface area contributed by atoms with Crippen LogP contribution in [0.4, 0.5) is 4.39 Å². The molecule has 2 aromatic rings. The number of alkyl halides is 2. The van der Waals surface area contributed by atoms with Crippen molar-refractivity contribution < 1.29 is 23.5 Å². The number of benzene rings is 2. The first-order chi connectivity index (χ1) is 14.1. The molecule has 0 unspecified atom stereocenters. The summed E-state index contributed by atoms with van der Waals surface area (Å²) in [5, 5.41) is 7.23. The fourth-order valence-electron chi connectivity index (χ4n) is 3.14. The number of esters is 2. The summed E-state index contributed by atoms with van der Waals surface area (Å²) in [5.74, 6) is -1.27. The van der Waals surface area contributed by atoms with Crippen molar-refractivity contribution in [3.05, 3.63) is 69.8 Å². The van der Waals surface area contributed by atoms with Gasteiger partial charge in [0.15, 0.2) is 12.3 Å². The van der Waals surface area contributed by atoms with Gasteiger partial charge in [-0.05, 0) is 52.0 Å². The zero-order valence-corrected chi connectivity index (χ0v) is 19.0. The molecule has 0 amide bonds. The molecule has 160 valence electrons. The quantitative estimate of drug-likeness (QED) is 0.327. The third-order valence-electron chi connectivity index (χ3n) is 4.36. The summed E-state index contributed by atoms with van der Waals surface area (Å²) in [6.45, 7) is 7.20. The number of hydrogen-bond donors (Lipinski definition) is 1. The van der Waals surface area contributed by atoms with Gasteiger partial charge in [-0.2, -0.15) is 0 Å². The smallest absolute Gasteiger partial charge is 0.338 e. The van der Waals surface area contributed by atoms with Gasteiger partial charge in [0, 0.05) is 6.21 Å². The molecule has 0 saturated heterocycles. The number of ether oxygens (including phenoxy) is 2. The molecule has 30 heavy (non-hydrogen) atoms. The summed E-state index contributed by atoms with van der Waals surface area (Å²) in [6.07, 6.45) is -2.63. The van der Waals surface area contributed by atoms with Crippen molar-refractivity contribution in [2.45, 2.75) is 44.8 Å². The van der Waals surface area contributed by atoms with Gasteiger partial charge < -0.3 is 14.9 Å². The minimum absolute atomic E-state index is 0.231. The average molecular weight is 478 g/mol. The van der Waals surface area contributed by atoms with Gasteiger partial charge in [0.25, 0.3) is 0 Å². The van der Waals surface area contributed by atoms with Crippen LogP contribution in [0.5, 0.6) is 0 Å². The molecule has 0 bridgehead atoms. The molecule has 5 nitrogen and oxygen atoms in total. The summed E-state index contributed by atoms with van der Waals surface area (Å²) in [4.78, 5) is 24.0. The van der Waals surface area contributed by atoms with E-state index in [0.717, 1.165) is 22.3 Å². The molecule has 0 aromatic heterocycles. The van der Waals surface area contributed by atoms with Crippen LogP contribution in [-0.2, 0) is 9.47 Å². The predicted octanol–water partition coefficient (Wildman–Crippen LogP) is 5.05. The molecule has 2 aromatic carbocycles. The number of carbonyl (C=O) groups is 2. The van der Waals surface area contributed by atoms with Crippen molar-refractivity contribution in [1.82, 2.24) is 0 Å². The van der Waals surface area contributed by atoms with Crippen molar-refractivity contribution in [3.8, 4) is 0 Å². The van der Waals surface area contributed by atoms with Crippen LogP contribution in [0, 0.1) is 33.1 Å². The number of carbonyl (C=O) groups excluding carboxylic acids is 2.